The number of nitrogens with zero attached hydrogens (tertiary/aromatic N) is 3. The van der Waals surface area contributed by atoms with Gasteiger partial charge in [0, 0.05) is 12.2 Å². The topological polar surface area (TPSA) is 68.0 Å². The fourth-order valence-corrected chi connectivity index (χ4v) is 2.81. The first kappa shape index (κ1) is 11.2. The molecule has 2 heterocycles. The minimum atomic E-state index is -0.961. The van der Waals surface area contributed by atoms with E-state index in [2.05, 4.69) is 14.5 Å². The van der Waals surface area contributed by atoms with Crippen LogP contribution in [0.25, 0.3) is 11.2 Å². The smallest absolute Gasteiger partial charge is 0.337 e. The third-order valence-electron chi connectivity index (χ3n) is 3.64. The van der Waals surface area contributed by atoms with Gasteiger partial charge in [-0.25, -0.2) is 14.8 Å². The lowest BCUT2D eigenvalue weighted by Crippen LogP contribution is -2.07. The van der Waals surface area contributed by atoms with Crippen LogP contribution in [0.15, 0.2) is 12.3 Å². The number of carboxylic acids is 1. The predicted molar refractivity (Wildman–Crippen MR) is 66.7 cm³/mol. The molecule has 1 aliphatic rings. The Bertz CT molecular complexity index is 612. The average Bonchev–Trinajstić information content (AvgIpc) is 2.93. The second-order valence-corrected chi connectivity index (χ2v) is 4.84. The molecule has 5 heteroatoms. The van der Waals surface area contributed by atoms with Gasteiger partial charge in [-0.05, 0) is 25.8 Å². The van der Waals surface area contributed by atoms with Crippen LogP contribution in [0.5, 0.6) is 0 Å². The number of imidazole rings is 1. The first-order valence-corrected chi connectivity index (χ1v) is 6.24. The van der Waals surface area contributed by atoms with Crippen molar-refractivity contribution in [3.8, 4) is 0 Å². The number of carbonyl (C=O) groups is 1. The summed E-state index contributed by atoms with van der Waals surface area (Å²) in [4.78, 5) is 19.6. The lowest BCUT2D eigenvalue weighted by molar-refractivity contribution is 0.0696. The Kier molecular flexibility index (Phi) is 2.54. The van der Waals surface area contributed by atoms with E-state index in [-0.39, 0.29) is 5.56 Å². The summed E-state index contributed by atoms with van der Waals surface area (Å²) in [5, 5.41) is 8.96. The molecule has 0 amide bonds. The molecule has 0 saturated heterocycles. The molecule has 3 rings (SSSR count). The third-order valence-corrected chi connectivity index (χ3v) is 3.64. The van der Waals surface area contributed by atoms with E-state index in [4.69, 9.17) is 5.11 Å². The molecule has 94 valence electrons. The number of aromatic carboxylic acids is 1. The highest BCUT2D eigenvalue weighted by atomic mass is 16.4. The number of aryl methyl sites for hydroxylation is 1. The predicted octanol–water partition coefficient (Wildman–Crippen LogP) is 2.55. The summed E-state index contributed by atoms with van der Waals surface area (Å²) in [5.74, 6) is -0.0376. The van der Waals surface area contributed by atoms with Crippen LogP contribution in [0.3, 0.4) is 0 Å². The van der Waals surface area contributed by atoms with Crippen molar-refractivity contribution in [3.05, 3.63) is 23.7 Å². The van der Waals surface area contributed by atoms with E-state index in [1.165, 1.54) is 19.0 Å². The van der Waals surface area contributed by atoms with Crippen LogP contribution < -0.4 is 0 Å². The Balaban J connectivity index is 2.14. The summed E-state index contributed by atoms with van der Waals surface area (Å²) >= 11 is 0. The molecule has 1 fully saturated rings. The van der Waals surface area contributed by atoms with Gasteiger partial charge in [0.05, 0.1) is 5.56 Å². The zero-order chi connectivity index (χ0) is 12.7. The maximum atomic E-state index is 10.9. The number of carboxylic acid groups (broad SMARTS) is 1. The van der Waals surface area contributed by atoms with Gasteiger partial charge in [0.2, 0.25) is 0 Å². The highest BCUT2D eigenvalue weighted by molar-refractivity contribution is 5.90. The molecule has 0 aliphatic heterocycles. The van der Waals surface area contributed by atoms with Crippen molar-refractivity contribution >= 4 is 17.1 Å². The summed E-state index contributed by atoms with van der Waals surface area (Å²) in [7, 11) is 0. The largest absolute Gasteiger partial charge is 0.478 e. The fourth-order valence-electron chi connectivity index (χ4n) is 2.81. The average molecular weight is 245 g/mol. The van der Waals surface area contributed by atoms with Gasteiger partial charge in [-0.1, -0.05) is 12.8 Å². The fraction of sp³-hybridized carbons (Fsp3) is 0.462. The van der Waals surface area contributed by atoms with Gasteiger partial charge in [-0.3, -0.25) is 0 Å². The molecule has 1 saturated carbocycles. The maximum Gasteiger partial charge on any atom is 0.337 e. The standard InChI is InChI=1S/C13H15N3O2/c1-8-15-11-6-9(13(17)18)7-14-12(11)16(8)10-4-2-3-5-10/h6-7,10H,2-5H2,1H3,(H,17,18). The van der Waals surface area contributed by atoms with E-state index in [1.54, 1.807) is 6.07 Å². The molecule has 2 aromatic rings. The van der Waals surface area contributed by atoms with Crippen LogP contribution in [-0.2, 0) is 0 Å². The molecule has 5 nitrogen and oxygen atoms in total. The minimum absolute atomic E-state index is 0.193. The van der Waals surface area contributed by atoms with Gasteiger partial charge in [0.1, 0.15) is 11.3 Å². The van der Waals surface area contributed by atoms with Gasteiger partial charge in [-0.2, -0.15) is 0 Å². The zero-order valence-electron chi connectivity index (χ0n) is 10.3. The molecule has 18 heavy (non-hydrogen) atoms. The Morgan fingerprint density at radius 3 is 2.83 bits per heavy atom. The molecule has 0 atom stereocenters. The zero-order valence-corrected chi connectivity index (χ0v) is 10.3. The van der Waals surface area contributed by atoms with Gasteiger partial charge < -0.3 is 9.67 Å². The van der Waals surface area contributed by atoms with E-state index in [0.29, 0.717) is 11.6 Å². The number of hydrogen-bond donors (Lipinski definition) is 1. The Hall–Kier alpha value is -1.91. The normalized spacial score (nSPS) is 16.5. The van der Waals surface area contributed by atoms with E-state index >= 15 is 0 Å². The van der Waals surface area contributed by atoms with E-state index in [9.17, 15) is 4.79 Å². The molecule has 0 spiro atoms. The Labute approximate surface area is 104 Å². The van der Waals surface area contributed by atoms with Gasteiger partial charge in [0.25, 0.3) is 0 Å². The quantitative estimate of drug-likeness (QED) is 0.882. The van der Waals surface area contributed by atoms with E-state index in [1.807, 2.05) is 6.92 Å². The number of rotatable bonds is 2. The molecular formula is C13H15N3O2. The van der Waals surface area contributed by atoms with Crippen LogP contribution in [-0.4, -0.2) is 25.6 Å². The molecule has 0 radical (unpaired) electrons. The number of fused-ring (bicyclic) bond motifs is 1. The molecule has 0 aromatic carbocycles. The van der Waals surface area contributed by atoms with Crippen molar-refractivity contribution in [3.63, 3.8) is 0 Å². The van der Waals surface area contributed by atoms with Crippen molar-refractivity contribution in [2.45, 2.75) is 38.6 Å². The summed E-state index contributed by atoms with van der Waals surface area (Å²) in [6.07, 6.45) is 6.23. The summed E-state index contributed by atoms with van der Waals surface area (Å²) < 4.78 is 2.16. The second kappa shape index (κ2) is 4.08. The lowest BCUT2D eigenvalue weighted by atomic mass is 10.2. The van der Waals surface area contributed by atoms with E-state index in [0.717, 1.165) is 24.3 Å². The summed E-state index contributed by atoms with van der Waals surface area (Å²) in [6.45, 7) is 1.96. The van der Waals surface area contributed by atoms with Crippen LogP contribution in [0.2, 0.25) is 0 Å². The molecular weight excluding hydrogens is 230 g/mol. The number of aromatic nitrogens is 3. The number of hydrogen-bond acceptors (Lipinski definition) is 3. The monoisotopic (exact) mass is 245 g/mol. The van der Waals surface area contributed by atoms with Crippen LogP contribution in [0.1, 0.15) is 47.9 Å². The van der Waals surface area contributed by atoms with Crippen molar-refractivity contribution in [2.75, 3.05) is 0 Å². The molecule has 1 aliphatic carbocycles. The first-order chi connectivity index (χ1) is 8.66. The lowest BCUT2D eigenvalue weighted by Gasteiger charge is -2.13. The van der Waals surface area contributed by atoms with Gasteiger partial charge in [-0.15, -0.1) is 0 Å². The van der Waals surface area contributed by atoms with Gasteiger partial charge >= 0.3 is 5.97 Å². The van der Waals surface area contributed by atoms with E-state index < -0.39 is 5.97 Å². The number of pyridine rings is 1. The SMILES string of the molecule is Cc1nc2cc(C(=O)O)cnc2n1C1CCCC1. The third kappa shape index (κ3) is 1.66. The molecule has 0 bridgehead atoms. The van der Waals surface area contributed by atoms with Crippen molar-refractivity contribution in [2.24, 2.45) is 0 Å². The van der Waals surface area contributed by atoms with Crippen LogP contribution in [0.4, 0.5) is 0 Å². The maximum absolute atomic E-state index is 10.9. The van der Waals surface area contributed by atoms with Crippen molar-refractivity contribution in [1.29, 1.82) is 0 Å². The van der Waals surface area contributed by atoms with Crippen LogP contribution >= 0.6 is 0 Å². The highest BCUT2D eigenvalue weighted by Crippen LogP contribution is 2.32. The van der Waals surface area contributed by atoms with Crippen molar-refractivity contribution < 1.29 is 9.90 Å². The minimum Gasteiger partial charge on any atom is -0.478 e. The summed E-state index contributed by atoms with van der Waals surface area (Å²) in [6, 6.07) is 2.07. The Morgan fingerprint density at radius 1 is 1.44 bits per heavy atom. The highest BCUT2D eigenvalue weighted by Gasteiger charge is 2.22. The van der Waals surface area contributed by atoms with Crippen molar-refractivity contribution in [1.82, 2.24) is 14.5 Å². The first-order valence-electron chi connectivity index (χ1n) is 6.24. The molecule has 0 unspecified atom stereocenters. The second-order valence-electron chi connectivity index (χ2n) is 4.84. The van der Waals surface area contributed by atoms with Gasteiger partial charge in [0.15, 0.2) is 5.65 Å². The van der Waals surface area contributed by atoms with Crippen LogP contribution in [0, 0.1) is 6.92 Å². The Morgan fingerprint density at radius 2 is 2.17 bits per heavy atom. The molecule has 1 N–H and O–H groups in total. The summed E-state index contributed by atoms with van der Waals surface area (Å²) in [5.41, 5.74) is 1.68. The molecule has 2 aromatic heterocycles.